The second kappa shape index (κ2) is 8.03. The molecule has 0 N–H and O–H groups in total. The summed E-state index contributed by atoms with van der Waals surface area (Å²) in [7, 11) is 3.26. The molecule has 5 heteroatoms. The van der Waals surface area contributed by atoms with Crippen molar-refractivity contribution in [1.82, 2.24) is 4.57 Å². The molecule has 0 aliphatic carbocycles. The molecule has 4 rings (SSSR count). The number of hydrogen-bond acceptors (Lipinski definition) is 3. The minimum atomic E-state index is -0.0164. The predicted octanol–water partition coefficient (Wildman–Crippen LogP) is 3.96. The van der Waals surface area contributed by atoms with Crippen molar-refractivity contribution in [1.29, 1.82) is 0 Å². The van der Waals surface area contributed by atoms with Gasteiger partial charge in [0.1, 0.15) is 23.1 Å². The van der Waals surface area contributed by atoms with E-state index in [1.807, 2.05) is 80.6 Å². The molecule has 1 heterocycles. The first-order chi connectivity index (χ1) is 14.5. The maximum Gasteiger partial charge on any atom is 0.350 e. The summed E-state index contributed by atoms with van der Waals surface area (Å²) in [5.41, 5.74) is 3.92. The average molecular weight is 401 g/mol. The van der Waals surface area contributed by atoms with E-state index in [1.54, 1.807) is 18.8 Å². The number of benzene rings is 3. The summed E-state index contributed by atoms with van der Waals surface area (Å²) in [5, 5.41) is 0.685. The number of aryl methyl sites for hydroxylation is 1. The van der Waals surface area contributed by atoms with Gasteiger partial charge in [-0.3, -0.25) is 0 Å². The van der Waals surface area contributed by atoms with Gasteiger partial charge in [-0.15, -0.1) is 0 Å². The van der Waals surface area contributed by atoms with E-state index < -0.39 is 0 Å². The smallest absolute Gasteiger partial charge is 0.350 e. The molecule has 0 saturated carbocycles. The number of fused-ring (bicyclic) bond motifs is 1. The Kier molecular flexibility index (Phi) is 5.27. The molecule has 0 saturated heterocycles. The molecule has 0 atom stereocenters. The average Bonchev–Trinajstić information content (AvgIpc) is 2.76. The zero-order valence-corrected chi connectivity index (χ0v) is 17.7. The number of para-hydroxylation sites is 1. The first-order valence-electron chi connectivity index (χ1n) is 9.85. The van der Waals surface area contributed by atoms with E-state index in [2.05, 4.69) is 4.57 Å². The fraction of sp³-hybridized carbons (Fsp3) is 0.200. The summed E-state index contributed by atoms with van der Waals surface area (Å²) in [6.07, 6.45) is 0. The van der Waals surface area contributed by atoms with Gasteiger partial charge in [0, 0.05) is 6.92 Å². The third-order valence-corrected chi connectivity index (χ3v) is 5.39. The highest BCUT2D eigenvalue weighted by Gasteiger charge is 2.22. The van der Waals surface area contributed by atoms with Crippen LogP contribution < -0.4 is 19.6 Å². The Labute approximate surface area is 175 Å². The Morgan fingerprint density at radius 3 is 2.37 bits per heavy atom. The molecule has 0 aliphatic rings. The fourth-order valence-corrected chi connectivity index (χ4v) is 3.88. The molecule has 0 spiro atoms. The number of rotatable bonds is 5. The maximum atomic E-state index is 13.4. The van der Waals surface area contributed by atoms with Crippen LogP contribution in [0.15, 0.2) is 71.5 Å². The largest absolute Gasteiger partial charge is 0.493 e. The second-order valence-electron chi connectivity index (χ2n) is 7.32. The van der Waals surface area contributed by atoms with Crippen LogP contribution in [0.5, 0.6) is 11.5 Å². The van der Waals surface area contributed by atoms with E-state index in [1.165, 1.54) is 0 Å². The Bertz CT molecular complexity index is 1290. The summed E-state index contributed by atoms with van der Waals surface area (Å²) in [6, 6.07) is 21.6. The summed E-state index contributed by atoms with van der Waals surface area (Å²) < 4.78 is 14.8. The van der Waals surface area contributed by atoms with Crippen LogP contribution >= 0.6 is 0 Å². The van der Waals surface area contributed by atoms with E-state index in [0.717, 1.165) is 28.2 Å². The van der Waals surface area contributed by atoms with Crippen molar-refractivity contribution < 1.29 is 14.0 Å². The highest BCUT2D eigenvalue weighted by atomic mass is 16.5. The summed E-state index contributed by atoms with van der Waals surface area (Å²) in [6.45, 7) is 4.61. The summed E-state index contributed by atoms with van der Waals surface area (Å²) in [5.74, 6) is 2.24. The summed E-state index contributed by atoms with van der Waals surface area (Å²) in [4.78, 5) is 13.4. The fourth-order valence-electron chi connectivity index (χ4n) is 3.88. The number of ether oxygens (including phenoxy) is 2. The van der Waals surface area contributed by atoms with E-state index in [9.17, 15) is 4.79 Å². The Hall–Kier alpha value is -3.60. The van der Waals surface area contributed by atoms with E-state index in [4.69, 9.17) is 9.47 Å². The van der Waals surface area contributed by atoms with E-state index in [0.29, 0.717) is 23.4 Å². The number of hydrogen-bond donors (Lipinski definition) is 0. The van der Waals surface area contributed by atoms with Gasteiger partial charge in [0.25, 0.3) is 5.82 Å². The number of nitrogens with zero attached hydrogens (tertiary/aromatic N) is 2. The number of methoxy groups -OCH3 is 2. The minimum absolute atomic E-state index is 0.0164. The van der Waals surface area contributed by atoms with Crippen LogP contribution in [0.4, 0.5) is 0 Å². The third kappa shape index (κ3) is 3.43. The van der Waals surface area contributed by atoms with Crippen LogP contribution in [0, 0.1) is 13.8 Å². The SMILES string of the molecule is COc1ccc(C[n+]2c(C)n(-c3cccc(C)c3)c(=O)c3ccccc32)cc1OC. The second-order valence-corrected chi connectivity index (χ2v) is 7.32. The van der Waals surface area contributed by atoms with Crippen molar-refractivity contribution in [3.63, 3.8) is 0 Å². The molecule has 30 heavy (non-hydrogen) atoms. The van der Waals surface area contributed by atoms with E-state index >= 15 is 0 Å². The van der Waals surface area contributed by atoms with Crippen LogP contribution in [0.25, 0.3) is 16.6 Å². The van der Waals surface area contributed by atoms with Crippen LogP contribution in [-0.4, -0.2) is 18.8 Å². The third-order valence-electron chi connectivity index (χ3n) is 5.39. The quantitative estimate of drug-likeness (QED) is 0.476. The molecule has 0 fully saturated rings. The van der Waals surface area contributed by atoms with Gasteiger partial charge in [0.2, 0.25) is 0 Å². The maximum absolute atomic E-state index is 13.4. The molecule has 5 nitrogen and oxygen atoms in total. The lowest BCUT2D eigenvalue weighted by molar-refractivity contribution is -0.673. The van der Waals surface area contributed by atoms with Crippen molar-refractivity contribution >= 4 is 10.9 Å². The lowest BCUT2D eigenvalue weighted by Gasteiger charge is -2.13. The Balaban J connectivity index is 1.95. The molecule has 0 bridgehead atoms. The molecule has 4 aromatic rings. The topological polar surface area (TPSA) is 44.3 Å². The van der Waals surface area contributed by atoms with Crippen LogP contribution in [0.2, 0.25) is 0 Å². The molecule has 0 amide bonds. The van der Waals surface area contributed by atoms with Gasteiger partial charge in [-0.2, -0.15) is 4.57 Å². The van der Waals surface area contributed by atoms with Crippen molar-refractivity contribution in [3.8, 4) is 17.2 Å². The molecule has 152 valence electrons. The summed E-state index contributed by atoms with van der Waals surface area (Å²) >= 11 is 0. The van der Waals surface area contributed by atoms with Crippen molar-refractivity contribution in [2.75, 3.05) is 14.2 Å². The zero-order valence-electron chi connectivity index (χ0n) is 17.7. The zero-order chi connectivity index (χ0) is 21.3. The molecule has 0 unspecified atom stereocenters. The lowest BCUT2D eigenvalue weighted by atomic mass is 10.1. The van der Waals surface area contributed by atoms with Gasteiger partial charge >= 0.3 is 5.56 Å². The predicted molar refractivity (Wildman–Crippen MR) is 118 cm³/mol. The van der Waals surface area contributed by atoms with Crippen LogP contribution in [0.1, 0.15) is 17.0 Å². The molecule has 0 aliphatic heterocycles. The van der Waals surface area contributed by atoms with Crippen molar-refractivity contribution in [2.24, 2.45) is 0 Å². The first kappa shape index (κ1) is 19.7. The standard InChI is InChI=1S/C25H25N2O3/c1-17-8-7-9-20(14-17)27-18(2)26(22-11-6-5-10-21(22)25(27)28)16-19-12-13-23(29-3)24(15-19)30-4/h5-15H,16H2,1-4H3/q+1. The van der Waals surface area contributed by atoms with Gasteiger partial charge in [0.15, 0.2) is 11.5 Å². The number of aromatic nitrogens is 2. The molecule has 0 radical (unpaired) electrons. The minimum Gasteiger partial charge on any atom is -0.493 e. The highest BCUT2D eigenvalue weighted by molar-refractivity contribution is 5.74. The van der Waals surface area contributed by atoms with Gasteiger partial charge in [-0.05, 0) is 54.4 Å². The normalized spacial score (nSPS) is 10.9. The monoisotopic (exact) mass is 401 g/mol. The van der Waals surface area contributed by atoms with Gasteiger partial charge < -0.3 is 9.47 Å². The van der Waals surface area contributed by atoms with Crippen molar-refractivity contribution in [2.45, 2.75) is 20.4 Å². The van der Waals surface area contributed by atoms with Crippen LogP contribution in [-0.2, 0) is 6.54 Å². The lowest BCUT2D eigenvalue weighted by Crippen LogP contribution is -2.45. The Morgan fingerprint density at radius 2 is 1.63 bits per heavy atom. The first-order valence-corrected chi connectivity index (χ1v) is 9.85. The van der Waals surface area contributed by atoms with Gasteiger partial charge in [-0.25, -0.2) is 9.36 Å². The van der Waals surface area contributed by atoms with Gasteiger partial charge in [-0.1, -0.05) is 30.3 Å². The van der Waals surface area contributed by atoms with E-state index in [-0.39, 0.29) is 5.56 Å². The molecular weight excluding hydrogens is 376 g/mol. The molecule has 3 aromatic carbocycles. The molecule has 1 aromatic heterocycles. The van der Waals surface area contributed by atoms with Gasteiger partial charge in [0.05, 0.1) is 14.2 Å². The molecular formula is C25H25N2O3+. The Morgan fingerprint density at radius 1 is 0.867 bits per heavy atom. The van der Waals surface area contributed by atoms with Crippen molar-refractivity contribution in [3.05, 3.63) is 94.0 Å². The van der Waals surface area contributed by atoms with Crippen LogP contribution in [0.3, 0.4) is 0 Å². The highest BCUT2D eigenvalue weighted by Crippen LogP contribution is 2.27.